The van der Waals surface area contributed by atoms with E-state index in [2.05, 4.69) is 0 Å². The van der Waals surface area contributed by atoms with E-state index in [1.165, 1.54) is 47.4 Å². The lowest BCUT2D eigenvalue weighted by atomic mass is 10.0. The van der Waals surface area contributed by atoms with Crippen molar-refractivity contribution in [3.8, 4) is 5.75 Å². The number of nitro groups is 1. The van der Waals surface area contributed by atoms with Crippen molar-refractivity contribution in [2.45, 2.75) is 12.5 Å². The molecule has 2 aromatic carbocycles. The Bertz CT molecular complexity index is 1020. The lowest BCUT2D eigenvalue weighted by Gasteiger charge is -2.37. The maximum absolute atomic E-state index is 13.2. The number of phenols is 1. The largest absolute Gasteiger partial charge is 0.508 e. The normalized spacial score (nSPS) is 15.9. The molecule has 10 heteroatoms. The molecule has 1 amide bonds. The molecule has 0 spiro atoms. The highest BCUT2D eigenvalue weighted by molar-refractivity contribution is 5.92. The second-order valence-electron chi connectivity index (χ2n) is 6.88. The Morgan fingerprint density at radius 3 is 2.52 bits per heavy atom. The van der Waals surface area contributed by atoms with Crippen molar-refractivity contribution in [3.05, 3.63) is 76.1 Å². The summed E-state index contributed by atoms with van der Waals surface area (Å²) in [7, 11) is 1.52. The molecular formula is C21H21N3O7. The first kappa shape index (κ1) is 21.8. The number of nitro benzene ring substituents is 1. The van der Waals surface area contributed by atoms with Gasteiger partial charge in [0.05, 0.1) is 17.1 Å². The number of hydrogen-bond acceptors (Lipinski definition) is 7. The molecule has 0 aliphatic carbocycles. The van der Waals surface area contributed by atoms with E-state index >= 15 is 0 Å². The molecule has 3 rings (SSSR count). The van der Waals surface area contributed by atoms with Gasteiger partial charge in [-0.15, -0.1) is 0 Å². The van der Waals surface area contributed by atoms with Crippen LogP contribution in [0.4, 0.5) is 11.4 Å². The second kappa shape index (κ2) is 9.26. The van der Waals surface area contributed by atoms with Crippen molar-refractivity contribution in [2.75, 3.05) is 25.2 Å². The Balaban J connectivity index is 2.04. The molecular weight excluding hydrogens is 406 g/mol. The zero-order valence-corrected chi connectivity index (χ0v) is 16.7. The number of methoxy groups -OCH3 is 1. The van der Waals surface area contributed by atoms with Crippen molar-refractivity contribution < 1.29 is 29.5 Å². The molecule has 1 aliphatic rings. The molecule has 31 heavy (non-hydrogen) atoms. The van der Waals surface area contributed by atoms with E-state index in [0.29, 0.717) is 13.2 Å². The minimum absolute atomic E-state index is 0.0806. The number of anilines is 1. The number of aromatic hydroxyl groups is 1. The van der Waals surface area contributed by atoms with Gasteiger partial charge in [0.2, 0.25) is 5.91 Å². The lowest BCUT2D eigenvalue weighted by Crippen LogP contribution is -2.50. The van der Waals surface area contributed by atoms with E-state index in [1.54, 1.807) is 18.3 Å². The highest BCUT2D eigenvalue weighted by Crippen LogP contribution is 2.34. The average molecular weight is 427 g/mol. The van der Waals surface area contributed by atoms with Gasteiger partial charge in [0, 0.05) is 38.5 Å². The quantitative estimate of drug-likeness (QED) is 0.485. The summed E-state index contributed by atoms with van der Waals surface area (Å²) in [4.78, 5) is 38.4. The fourth-order valence-electron chi connectivity index (χ4n) is 3.32. The SMILES string of the molecule is COCCN1C=CN(c2ccc(C(=O)O)cc2[N+](=O)[O-])[C@@H](Cc2ccc(O)cc2)C1=O. The summed E-state index contributed by atoms with van der Waals surface area (Å²) in [5.74, 6) is -1.49. The van der Waals surface area contributed by atoms with Gasteiger partial charge < -0.3 is 24.7 Å². The molecule has 0 unspecified atom stereocenters. The van der Waals surface area contributed by atoms with Gasteiger partial charge in [-0.25, -0.2) is 4.79 Å². The molecule has 0 bridgehead atoms. The number of carboxylic acid groups (broad SMARTS) is 1. The fraction of sp³-hybridized carbons (Fsp3) is 0.238. The van der Waals surface area contributed by atoms with Crippen LogP contribution in [0.1, 0.15) is 15.9 Å². The standard InChI is InChI=1S/C21H21N3O7/c1-31-11-10-22-8-9-23(17-7-4-15(21(27)28)13-18(17)24(29)30)19(20(22)26)12-14-2-5-16(25)6-3-14/h2-9,13,19,25H,10-12H2,1H3,(H,27,28)/t19-/m0/s1. The minimum Gasteiger partial charge on any atom is -0.508 e. The molecule has 0 saturated heterocycles. The number of carbonyl (C=O) groups is 2. The average Bonchev–Trinajstić information content (AvgIpc) is 2.75. The van der Waals surface area contributed by atoms with Gasteiger partial charge >= 0.3 is 5.97 Å². The molecule has 0 aromatic heterocycles. The van der Waals surface area contributed by atoms with Gasteiger partial charge in [0.1, 0.15) is 17.5 Å². The van der Waals surface area contributed by atoms with Crippen LogP contribution in [0.15, 0.2) is 54.9 Å². The van der Waals surface area contributed by atoms with Gasteiger partial charge in [-0.3, -0.25) is 14.9 Å². The van der Waals surface area contributed by atoms with Crippen LogP contribution in [0, 0.1) is 10.1 Å². The molecule has 1 atom stereocenters. The molecule has 0 saturated carbocycles. The predicted octanol–water partition coefficient (Wildman–Crippen LogP) is 2.38. The number of rotatable bonds is 8. The number of aromatic carboxylic acids is 1. The first-order valence-corrected chi connectivity index (χ1v) is 9.37. The van der Waals surface area contributed by atoms with Crippen molar-refractivity contribution >= 4 is 23.3 Å². The molecule has 0 fully saturated rings. The first-order valence-electron chi connectivity index (χ1n) is 9.37. The summed E-state index contributed by atoms with van der Waals surface area (Å²) in [6.07, 6.45) is 3.29. The number of carboxylic acids is 1. The third kappa shape index (κ3) is 4.81. The smallest absolute Gasteiger partial charge is 0.335 e. The Morgan fingerprint density at radius 2 is 1.90 bits per heavy atom. The number of carbonyl (C=O) groups excluding carboxylic acids is 1. The van der Waals surface area contributed by atoms with E-state index in [4.69, 9.17) is 4.74 Å². The van der Waals surface area contributed by atoms with Crippen molar-refractivity contribution in [2.24, 2.45) is 0 Å². The van der Waals surface area contributed by atoms with E-state index in [-0.39, 0.29) is 29.3 Å². The highest BCUT2D eigenvalue weighted by atomic mass is 16.6. The maximum Gasteiger partial charge on any atom is 0.335 e. The van der Waals surface area contributed by atoms with Crippen LogP contribution in [0.2, 0.25) is 0 Å². The summed E-state index contributed by atoms with van der Waals surface area (Å²) < 4.78 is 5.04. The summed E-state index contributed by atoms with van der Waals surface area (Å²) in [6, 6.07) is 9.07. The number of ether oxygens (including phenoxy) is 1. The van der Waals surface area contributed by atoms with E-state index in [9.17, 15) is 29.9 Å². The van der Waals surface area contributed by atoms with Crippen LogP contribution in [-0.2, 0) is 16.0 Å². The van der Waals surface area contributed by atoms with Crippen molar-refractivity contribution in [1.82, 2.24) is 4.90 Å². The van der Waals surface area contributed by atoms with Crippen LogP contribution in [0.25, 0.3) is 0 Å². The molecule has 162 valence electrons. The van der Waals surface area contributed by atoms with Crippen LogP contribution in [0.5, 0.6) is 5.75 Å². The van der Waals surface area contributed by atoms with Crippen LogP contribution < -0.4 is 4.90 Å². The van der Waals surface area contributed by atoms with E-state index in [1.807, 2.05) is 0 Å². The fourth-order valence-corrected chi connectivity index (χ4v) is 3.32. The van der Waals surface area contributed by atoms with E-state index < -0.39 is 22.6 Å². The number of nitrogens with zero attached hydrogens (tertiary/aromatic N) is 3. The first-order chi connectivity index (χ1) is 14.8. The Kier molecular flexibility index (Phi) is 6.51. The molecule has 2 aromatic rings. The zero-order chi connectivity index (χ0) is 22.5. The Hall–Kier alpha value is -3.92. The zero-order valence-electron chi connectivity index (χ0n) is 16.7. The van der Waals surface area contributed by atoms with Gasteiger partial charge in [-0.1, -0.05) is 12.1 Å². The number of benzene rings is 2. The third-order valence-corrected chi connectivity index (χ3v) is 4.91. The highest BCUT2D eigenvalue weighted by Gasteiger charge is 2.35. The molecule has 0 radical (unpaired) electrons. The van der Waals surface area contributed by atoms with Gasteiger partial charge in [-0.05, 0) is 29.8 Å². The summed E-state index contributed by atoms with van der Waals surface area (Å²) in [5.41, 5.74) is 0.209. The van der Waals surface area contributed by atoms with Crippen molar-refractivity contribution in [3.63, 3.8) is 0 Å². The summed E-state index contributed by atoms with van der Waals surface area (Å²) in [6.45, 7) is 0.626. The van der Waals surface area contributed by atoms with Crippen LogP contribution in [0.3, 0.4) is 0 Å². The third-order valence-electron chi connectivity index (χ3n) is 4.91. The molecule has 1 heterocycles. The number of phenolic OH excluding ortho intramolecular Hbond substituents is 1. The van der Waals surface area contributed by atoms with Gasteiger partial charge in [-0.2, -0.15) is 0 Å². The monoisotopic (exact) mass is 427 g/mol. The van der Waals surface area contributed by atoms with Crippen LogP contribution >= 0.6 is 0 Å². The van der Waals surface area contributed by atoms with E-state index in [0.717, 1.165) is 11.6 Å². The molecule has 1 aliphatic heterocycles. The second-order valence-corrected chi connectivity index (χ2v) is 6.88. The molecule has 10 nitrogen and oxygen atoms in total. The maximum atomic E-state index is 13.2. The van der Waals surface area contributed by atoms with Gasteiger partial charge in [0.15, 0.2) is 0 Å². The minimum atomic E-state index is -1.29. The van der Waals surface area contributed by atoms with Crippen molar-refractivity contribution in [1.29, 1.82) is 0 Å². The van der Waals surface area contributed by atoms with Crippen LogP contribution in [-0.4, -0.2) is 58.2 Å². The Labute approximate surface area is 177 Å². The summed E-state index contributed by atoms with van der Waals surface area (Å²) >= 11 is 0. The topological polar surface area (TPSA) is 133 Å². The number of hydrogen-bond donors (Lipinski definition) is 2. The van der Waals surface area contributed by atoms with Gasteiger partial charge in [0.25, 0.3) is 5.69 Å². The lowest BCUT2D eigenvalue weighted by molar-refractivity contribution is -0.384. The Morgan fingerprint density at radius 1 is 1.19 bits per heavy atom. The molecule has 2 N–H and O–H groups in total. The predicted molar refractivity (Wildman–Crippen MR) is 111 cm³/mol. The summed E-state index contributed by atoms with van der Waals surface area (Å²) in [5, 5.41) is 30.3. The number of amides is 1.